The third-order valence-corrected chi connectivity index (χ3v) is 2.31. The van der Waals surface area contributed by atoms with E-state index in [0.29, 0.717) is 6.42 Å². The molecule has 0 amide bonds. The summed E-state index contributed by atoms with van der Waals surface area (Å²) in [6.07, 6.45) is 0.646. The highest BCUT2D eigenvalue weighted by molar-refractivity contribution is 14.2. The van der Waals surface area contributed by atoms with Crippen molar-refractivity contribution >= 4 is 35.3 Å². The zero-order valence-corrected chi connectivity index (χ0v) is 6.38. The molecule has 0 bridgehead atoms. The quantitative estimate of drug-likeness (QED) is 0.623. The van der Waals surface area contributed by atoms with Crippen LogP contribution in [0.4, 0.5) is 0 Å². The first kappa shape index (κ1) is 6.75. The molecule has 0 rings (SSSR count). The van der Waals surface area contributed by atoms with Gasteiger partial charge < -0.3 is 0 Å². The molecule has 36 valence electrons. The molecule has 0 saturated heterocycles. The normalized spacial score (nSPS) is 8.33. The smallest absolute Gasteiger partial charge is 0.198 e. The first-order valence-electron chi connectivity index (χ1n) is 1.62. The standard InChI is InChI=1S/C3H5IOS/c1-2-3(5)6-4/h2H2,1H3. The maximum atomic E-state index is 10.1. The lowest BCUT2D eigenvalue weighted by Gasteiger charge is -1.78. The third kappa shape index (κ3) is 2.96. The van der Waals surface area contributed by atoms with Crippen LogP contribution in [0.3, 0.4) is 0 Å². The highest BCUT2D eigenvalue weighted by atomic mass is 127. The van der Waals surface area contributed by atoms with Crippen LogP contribution in [0.15, 0.2) is 0 Å². The van der Waals surface area contributed by atoms with E-state index in [-0.39, 0.29) is 5.12 Å². The molecule has 0 spiro atoms. The van der Waals surface area contributed by atoms with Crippen LogP contribution in [0.1, 0.15) is 13.3 Å². The Morgan fingerprint density at radius 3 is 2.50 bits per heavy atom. The molecule has 0 N–H and O–H groups in total. The van der Waals surface area contributed by atoms with Gasteiger partial charge in [0.2, 0.25) is 0 Å². The Hall–Kier alpha value is 0.750. The van der Waals surface area contributed by atoms with Crippen molar-refractivity contribution in [3.63, 3.8) is 0 Å². The van der Waals surface area contributed by atoms with Crippen molar-refractivity contribution in [1.82, 2.24) is 0 Å². The second-order valence-electron chi connectivity index (χ2n) is 0.803. The van der Waals surface area contributed by atoms with Gasteiger partial charge in [-0.15, -0.1) is 0 Å². The molecule has 3 heteroatoms. The van der Waals surface area contributed by atoms with E-state index in [2.05, 4.69) is 0 Å². The summed E-state index contributed by atoms with van der Waals surface area (Å²) in [6, 6.07) is 0. The summed E-state index contributed by atoms with van der Waals surface area (Å²) in [5.74, 6) is 0. The summed E-state index contributed by atoms with van der Waals surface area (Å²) < 4.78 is 0. The molecule has 0 aromatic rings. The molecule has 0 aromatic carbocycles. The lowest BCUT2D eigenvalue weighted by atomic mass is 10.6. The van der Waals surface area contributed by atoms with Crippen LogP contribution < -0.4 is 0 Å². The summed E-state index contributed by atoms with van der Waals surface area (Å²) in [5, 5.41) is 0.246. The zero-order valence-electron chi connectivity index (χ0n) is 3.40. The fraction of sp³-hybridized carbons (Fsp3) is 0.667. The Kier molecular flexibility index (Phi) is 4.41. The van der Waals surface area contributed by atoms with Crippen LogP contribution in [-0.4, -0.2) is 5.12 Å². The summed E-state index contributed by atoms with van der Waals surface area (Å²) in [5.41, 5.74) is 0. The Labute approximate surface area is 53.5 Å². The second kappa shape index (κ2) is 3.92. The van der Waals surface area contributed by atoms with Gasteiger partial charge in [0.25, 0.3) is 0 Å². The maximum Gasteiger partial charge on any atom is 0.198 e. The Balaban J connectivity index is 2.99. The van der Waals surface area contributed by atoms with Crippen molar-refractivity contribution in [2.45, 2.75) is 13.3 Å². The van der Waals surface area contributed by atoms with Crippen LogP contribution in [0.25, 0.3) is 0 Å². The molecule has 0 saturated carbocycles. The Morgan fingerprint density at radius 1 is 2.00 bits per heavy atom. The zero-order chi connectivity index (χ0) is 4.99. The van der Waals surface area contributed by atoms with Gasteiger partial charge in [-0.3, -0.25) is 4.79 Å². The highest BCUT2D eigenvalue weighted by Gasteiger charge is 1.89. The van der Waals surface area contributed by atoms with Crippen molar-refractivity contribution in [2.75, 3.05) is 0 Å². The lowest BCUT2D eigenvalue weighted by Crippen LogP contribution is -1.78. The fourth-order valence-corrected chi connectivity index (χ4v) is 1.10. The lowest BCUT2D eigenvalue weighted by molar-refractivity contribution is -0.110. The number of halogens is 1. The van der Waals surface area contributed by atoms with Crippen LogP contribution in [-0.2, 0) is 4.79 Å². The molecule has 6 heavy (non-hydrogen) atoms. The van der Waals surface area contributed by atoms with Gasteiger partial charge in [0.1, 0.15) is 0 Å². The topological polar surface area (TPSA) is 17.1 Å². The van der Waals surface area contributed by atoms with Gasteiger partial charge in [0.15, 0.2) is 5.12 Å². The van der Waals surface area contributed by atoms with Crippen LogP contribution in [0.5, 0.6) is 0 Å². The molecule has 0 heterocycles. The van der Waals surface area contributed by atoms with E-state index in [4.69, 9.17) is 0 Å². The summed E-state index contributed by atoms with van der Waals surface area (Å²) in [7, 11) is 1.26. The first-order chi connectivity index (χ1) is 2.81. The van der Waals surface area contributed by atoms with Crippen LogP contribution >= 0.6 is 30.1 Å². The van der Waals surface area contributed by atoms with E-state index >= 15 is 0 Å². The van der Waals surface area contributed by atoms with E-state index in [1.807, 2.05) is 28.1 Å². The van der Waals surface area contributed by atoms with Gasteiger partial charge in [0.05, 0.1) is 0 Å². The molecule has 0 aromatic heterocycles. The molecule has 0 aliphatic heterocycles. The van der Waals surface area contributed by atoms with Gasteiger partial charge in [-0.2, -0.15) is 0 Å². The Morgan fingerprint density at radius 2 is 2.50 bits per heavy atom. The van der Waals surface area contributed by atoms with E-state index in [0.717, 1.165) is 0 Å². The molecule has 0 aliphatic carbocycles. The highest BCUT2D eigenvalue weighted by Crippen LogP contribution is 2.12. The van der Waals surface area contributed by atoms with Gasteiger partial charge in [0, 0.05) is 27.6 Å². The molecule has 0 fully saturated rings. The summed E-state index contributed by atoms with van der Waals surface area (Å²) in [4.78, 5) is 10.1. The van der Waals surface area contributed by atoms with Crippen LogP contribution in [0, 0.1) is 0 Å². The van der Waals surface area contributed by atoms with Crippen molar-refractivity contribution < 1.29 is 4.79 Å². The molecular formula is C3H5IOS. The number of hydrogen-bond acceptors (Lipinski definition) is 2. The van der Waals surface area contributed by atoms with E-state index < -0.39 is 0 Å². The molecule has 0 unspecified atom stereocenters. The molecule has 0 atom stereocenters. The number of hydrogen-bond donors (Lipinski definition) is 0. The summed E-state index contributed by atoms with van der Waals surface area (Å²) in [6.45, 7) is 1.86. The van der Waals surface area contributed by atoms with E-state index in [9.17, 15) is 4.79 Å². The second-order valence-corrected chi connectivity index (χ2v) is 2.73. The fourth-order valence-electron chi connectivity index (χ4n) is 0.0546. The van der Waals surface area contributed by atoms with Gasteiger partial charge in [-0.1, -0.05) is 6.92 Å². The van der Waals surface area contributed by atoms with Crippen molar-refractivity contribution in [1.29, 1.82) is 0 Å². The van der Waals surface area contributed by atoms with Crippen molar-refractivity contribution in [2.24, 2.45) is 0 Å². The van der Waals surface area contributed by atoms with Gasteiger partial charge in [-0.25, -0.2) is 0 Å². The monoisotopic (exact) mass is 216 g/mol. The number of rotatable bonds is 1. The maximum absolute atomic E-state index is 10.1. The number of carbonyl (C=O) groups is 1. The minimum absolute atomic E-state index is 0.246. The minimum atomic E-state index is 0.246. The SMILES string of the molecule is CCC(=O)SI. The predicted octanol–water partition coefficient (Wildman–Crippen LogP) is 2.01. The van der Waals surface area contributed by atoms with Gasteiger partial charge >= 0.3 is 0 Å². The first-order valence-corrected chi connectivity index (χ1v) is 4.98. The van der Waals surface area contributed by atoms with Gasteiger partial charge in [-0.05, 0) is 8.93 Å². The average Bonchev–Trinajstić information content (AvgIpc) is 1.65. The average molecular weight is 216 g/mol. The Bertz CT molecular complexity index is 48.8. The van der Waals surface area contributed by atoms with E-state index in [1.165, 1.54) is 8.93 Å². The molecular weight excluding hydrogens is 211 g/mol. The number of carbonyl (C=O) groups excluding carboxylic acids is 1. The molecule has 0 radical (unpaired) electrons. The minimum Gasteiger partial charge on any atom is -0.286 e. The molecule has 1 nitrogen and oxygen atoms in total. The van der Waals surface area contributed by atoms with E-state index in [1.54, 1.807) is 0 Å². The van der Waals surface area contributed by atoms with Crippen molar-refractivity contribution in [3.8, 4) is 0 Å². The molecule has 0 aliphatic rings. The third-order valence-electron chi connectivity index (χ3n) is 0.375. The van der Waals surface area contributed by atoms with Crippen molar-refractivity contribution in [3.05, 3.63) is 0 Å². The largest absolute Gasteiger partial charge is 0.286 e. The van der Waals surface area contributed by atoms with Crippen LogP contribution in [0.2, 0.25) is 0 Å². The summed E-state index contributed by atoms with van der Waals surface area (Å²) >= 11 is 1.98. The predicted molar refractivity (Wildman–Crippen MR) is 36.9 cm³/mol.